The van der Waals surface area contributed by atoms with E-state index in [1.54, 1.807) is 0 Å². The molecule has 0 saturated heterocycles. The van der Waals surface area contributed by atoms with Gasteiger partial charge in [0.05, 0.1) is 6.54 Å². The Morgan fingerprint density at radius 3 is 2.84 bits per heavy atom. The van der Waals surface area contributed by atoms with Crippen LogP contribution in [0.4, 0.5) is 0 Å². The summed E-state index contributed by atoms with van der Waals surface area (Å²) in [5, 5.41) is 4.20. The van der Waals surface area contributed by atoms with Crippen LogP contribution in [0, 0.1) is 0 Å². The second-order valence-electron chi connectivity index (χ2n) is 5.91. The highest BCUT2D eigenvalue weighted by molar-refractivity contribution is 6.30. The molecule has 0 radical (unpaired) electrons. The molecule has 104 valence electrons. The Morgan fingerprint density at radius 2 is 2.16 bits per heavy atom. The van der Waals surface area contributed by atoms with Gasteiger partial charge in [-0.2, -0.15) is 0 Å². The van der Waals surface area contributed by atoms with Gasteiger partial charge in [-0.05, 0) is 47.1 Å². The van der Waals surface area contributed by atoms with Crippen LogP contribution < -0.4 is 5.32 Å². The van der Waals surface area contributed by atoms with Crippen molar-refractivity contribution in [2.24, 2.45) is 4.99 Å². The number of aliphatic imine (C=N–C) groups is 1. The van der Waals surface area contributed by atoms with Crippen LogP contribution in [0.2, 0.25) is 5.02 Å². The molecule has 0 saturated carbocycles. The maximum absolute atomic E-state index is 6.28. The van der Waals surface area contributed by atoms with Gasteiger partial charge in [0.2, 0.25) is 0 Å². The molecule has 0 amide bonds. The highest BCUT2D eigenvalue weighted by Gasteiger charge is 2.31. The highest BCUT2D eigenvalue weighted by Crippen LogP contribution is 2.41. The molecule has 1 N–H and O–H groups in total. The molecule has 1 aromatic rings. The average molecular weight is 299 g/mol. The zero-order valence-electron chi connectivity index (χ0n) is 11.4. The van der Waals surface area contributed by atoms with Crippen LogP contribution in [0.5, 0.6) is 0 Å². The van der Waals surface area contributed by atoms with Gasteiger partial charge in [0.1, 0.15) is 5.84 Å². The van der Waals surface area contributed by atoms with Crippen LogP contribution in [0.1, 0.15) is 37.0 Å². The zero-order valence-corrected chi connectivity index (χ0v) is 13.0. The standard InChI is InChI=1S/C15H19ClN2.ClH/c1-15(2)4-3-12-10(7-11(16)9-13(12)15)8-14-17-5-6-18-14;/h7,9H,3-6,8H2,1-2H3,(H,17,18);1H. The number of hydrogen-bond donors (Lipinski definition) is 1. The number of hydrogen-bond acceptors (Lipinski definition) is 2. The number of benzene rings is 1. The van der Waals surface area contributed by atoms with Gasteiger partial charge in [0.15, 0.2) is 0 Å². The van der Waals surface area contributed by atoms with E-state index in [1.165, 1.54) is 29.5 Å². The van der Waals surface area contributed by atoms with Gasteiger partial charge >= 0.3 is 0 Å². The quantitative estimate of drug-likeness (QED) is 0.887. The summed E-state index contributed by atoms with van der Waals surface area (Å²) in [4.78, 5) is 4.48. The summed E-state index contributed by atoms with van der Waals surface area (Å²) >= 11 is 6.28. The van der Waals surface area contributed by atoms with Crippen molar-refractivity contribution >= 4 is 29.8 Å². The molecule has 0 atom stereocenters. The lowest BCUT2D eigenvalue weighted by atomic mass is 9.86. The monoisotopic (exact) mass is 298 g/mol. The van der Waals surface area contributed by atoms with E-state index < -0.39 is 0 Å². The molecular weight excluding hydrogens is 279 g/mol. The Morgan fingerprint density at radius 1 is 1.37 bits per heavy atom. The second kappa shape index (κ2) is 5.34. The third-order valence-electron chi connectivity index (χ3n) is 4.14. The Labute approximate surface area is 126 Å². The molecule has 2 nitrogen and oxygen atoms in total. The molecule has 3 rings (SSSR count). The van der Waals surface area contributed by atoms with Crippen molar-refractivity contribution in [2.45, 2.75) is 38.5 Å². The molecular formula is C15H20Cl2N2. The fourth-order valence-electron chi connectivity index (χ4n) is 3.07. The summed E-state index contributed by atoms with van der Waals surface area (Å²) in [5.74, 6) is 1.11. The molecule has 1 aliphatic carbocycles. The van der Waals surface area contributed by atoms with Crippen molar-refractivity contribution in [3.63, 3.8) is 0 Å². The number of amidine groups is 1. The summed E-state index contributed by atoms with van der Waals surface area (Å²) < 4.78 is 0. The van der Waals surface area contributed by atoms with Gasteiger partial charge < -0.3 is 5.32 Å². The summed E-state index contributed by atoms with van der Waals surface area (Å²) in [6.45, 7) is 6.50. The Kier molecular flexibility index (Phi) is 4.12. The van der Waals surface area contributed by atoms with Gasteiger partial charge in [0.25, 0.3) is 0 Å². The first kappa shape index (κ1) is 14.7. The summed E-state index contributed by atoms with van der Waals surface area (Å²) in [6.07, 6.45) is 3.29. The van der Waals surface area contributed by atoms with Crippen LogP contribution in [0.15, 0.2) is 17.1 Å². The second-order valence-corrected chi connectivity index (χ2v) is 6.34. The number of halogens is 2. The van der Waals surface area contributed by atoms with Crippen molar-refractivity contribution in [2.75, 3.05) is 13.1 Å². The highest BCUT2D eigenvalue weighted by atomic mass is 35.5. The van der Waals surface area contributed by atoms with Crippen molar-refractivity contribution in [1.82, 2.24) is 5.32 Å². The minimum Gasteiger partial charge on any atom is -0.372 e. The van der Waals surface area contributed by atoms with E-state index in [4.69, 9.17) is 11.6 Å². The first-order valence-corrected chi connectivity index (χ1v) is 7.03. The number of nitrogens with zero attached hydrogens (tertiary/aromatic N) is 1. The van der Waals surface area contributed by atoms with Crippen LogP contribution in [-0.2, 0) is 18.3 Å². The normalized spacial score (nSPS) is 19.4. The van der Waals surface area contributed by atoms with E-state index in [9.17, 15) is 0 Å². The topological polar surface area (TPSA) is 24.4 Å². The third kappa shape index (κ3) is 2.75. The van der Waals surface area contributed by atoms with E-state index in [0.717, 1.165) is 30.4 Å². The van der Waals surface area contributed by atoms with Gasteiger partial charge in [-0.3, -0.25) is 4.99 Å². The number of nitrogens with one attached hydrogen (secondary N) is 1. The molecule has 1 aliphatic heterocycles. The van der Waals surface area contributed by atoms with Crippen molar-refractivity contribution in [3.05, 3.63) is 33.8 Å². The van der Waals surface area contributed by atoms with Gasteiger partial charge in [-0.1, -0.05) is 25.4 Å². The van der Waals surface area contributed by atoms with Gasteiger partial charge in [-0.15, -0.1) is 12.4 Å². The van der Waals surface area contributed by atoms with Crippen molar-refractivity contribution in [1.29, 1.82) is 0 Å². The van der Waals surface area contributed by atoms with E-state index in [0.29, 0.717) is 0 Å². The first-order valence-electron chi connectivity index (χ1n) is 6.65. The lowest BCUT2D eigenvalue weighted by molar-refractivity contribution is 0.522. The van der Waals surface area contributed by atoms with Crippen LogP contribution in [0.3, 0.4) is 0 Å². The van der Waals surface area contributed by atoms with Crippen LogP contribution >= 0.6 is 24.0 Å². The van der Waals surface area contributed by atoms with E-state index >= 15 is 0 Å². The number of fused-ring (bicyclic) bond motifs is 1. The minimum atomic E-state index is 0. The van der Waals surface area contributed by atoms with E-state index in [2.05, 4.69) is 36.3 Å². The van der Waals surface area contributed by atoms with Crippen molar-refractivity contribution in [3.8, 4) is 0 Å². The molecule has 0 aromatic heterocycles. The molecule has 0 unspecified atom stereocenters. The third-order valence-corrected chi connectivity index (χ3v) is 4.36. The summed E-state index contributed by atoms with van der Waals surface area (Å²) in [6, 6.07) is 4.27. The molecule has 1 aromatic carbocycles. The Balaban J connectivity index is 0.00000133. The fraction of sp³-hybridized carbons (Fsp3) is 0.533. The molecule has 0 fully saturated rings. The average Bonchev–Trinajstić information content (AvgIpc) is 2.88. The summed E-state index contributed by atoms with van der Waals surface area (Å²) in [5.41, 5.74) is 4.56. The molecule has 4 heteroatoms. The Hall–Kier alpha value is -0.730. The van der Waals surface area contributed by atoms with Gasteiger partial charge in [-0.25, -0.2) is 0 Å². The van der Waals surface area contributed by atoms with Crippen molar-refractivity contribution < 1.29 is 0 Å². The Bertz CT molecular complexity index is 521. The molecule has 19 heavy (non-hydrogen) atoms. The summed E-state index contributed by atoms with van der Waals surface area (Å²) in [7, 11) is 0. The molecule has 0 spiro atoms. The predicted molar refractivity (Wildman–Crippen MR) is 84.1 cm³/mol. The van der Waals surface area contributed by atoms with E-state index in [-0.39, 0.29) is 17.8 Å². The predicted octanol–water partition coefficient (Wildman–Crippen LogP) is 3.53. The van der Waals surface area contributed by atoms with E-state index in [1.807, 2.05) is 0 Å². The van der Waals surface area contributed by atoms with Crippen LogP contribution in [0.25, 0.3) is 0 Å². The SMILES string of the molecule is CC1(C)CCc2c(CC3=NCCN3)cc(Cl)cc21.Cl. The number of rotatable bonds is 2. The maximum Gasteiger partial charge on any atom is 0.101 e. The molecule has 0 bridgehead atoms. The lowest BCUT2D eigenvalue weighted by Crippen LogP contribution is -2.21. The first-order chi connectivity index (χ1) is 8.56. The fourth-order valence-corrected chi connectivity index (χ4v) is 3.31. The largest absolute Gasteiger partial charge is 0.372 e. The maximum atomic E-state index is 6.28. The minimum absolute atomic E-state index is 0. The molecule has 1 heterocycles. The van der Waals surface area contributed by atoms with Gasteiger partial charge in [0, 0.05) is 18.0 Å². The zero-order chi connectivity index (χ0) is 12.8. The van der Waals surface area contributed by atoms with Crippen LogP contribution in [-0.4, -0.2) is 18.9 Å². The lowest BCUT2D eigenvalue weighted by Gasteiger charge is -2.20. The molecule has 2 aliphatic rings. The smallest absolute Gasteiger partial charge is 0.101 e.